The van der Waals surface area contributed by atoms with Gasteiger partial charge in [-0.1, -0.05) is 43.7 Å². The zero-order valence-corrected chi connectivity index (χ0v) is 17.9. The van der Waals surface area contributed by atoms with Gasteiger partial charge in [0.05, 0.1) is 12.1 Å². The van der Waals surface area contributed by atoms with Crippen LogP contribution in [-0.2, 0) is 25.4 Å². The predicted molar refractivity (Wildman–Crippen MR) is 109 cm³/mol. The molecule has 3 amide bonds. The van der Waals surface area contributed by atoms with Crippen molar-refractivity contribution in [3.8, 4) is 0 Å². The van der Waals surface area contributed by atoms with Gasteiger partial charge in [0.1, 0.15) is 5.41 Å². The third kappa shape index (κ3) is 5.42. The van der Waals surface area contributed by atoms with Gasteiger partial charge in [-0.05, 0) is 31.2 Å². The minimum absolute atomic E-state index is 0.0799. The highest BCUT2D eigenvalue weighted by molar-refractivity contribution is 7.61. The van der Waals surface area contributed by atoms with Crippen LogP contribution in [0.5, 0.6) is 0 Å². The number of nitrogens with one attached hydrogen (secondary N) is 1. The molecule has 1 saturated carbocycles. The van der Waals surface area contributed by atoms with E-state index in [1.54, 1.807) is 31.4 Å². The molecule has 0 heterocycles. The number of methoxy groups -OCH3 is 1. The van der Waals surface area contributed by atoms with E-state index in [1.165, 1.54) is 11.9 Å². The molecule has 2 rings (SSSR count). The largest absolute Gasteiger partial charge is 0.381 e. The smallest absolute Gasteiger partial charge is 0.323 e. The minimum atomic E-state index is -2.62. The second-order valence-corrected chi connectivity index (χ2v) is 7.83. The van der Waals surface area contributed by atoms with Gasteiger partial charge in [-0.3, -0.25) is 9.69 Å². The fourth-order valence-electron chi connectivity index (χ4n) is 3.73. The second-order valence-electron chi connectivity index (χ2n) is 7.18. The zero-order chi connectivity index (χ0) is 21.4. The standard InChI is InChI=1S/C20H29N3O5S/c1-4-9-16(28-3)12-8-13-23(19(25)21-2)18(24)20(14-17(20)22-29(26)27)15-10-6-5-7-11-15/h5-7,10-11,16-17H,4,8-9,12-14H2,1-3H3,(H,21,25). The average molecular weight is 424 g/mol. The van der Waals surface area contributed by atoms with Crippen LogP contribution in [0.4, 0.5) is 4.79 Å². The second kappa shape index (κ2) is 10.5. The van der Waals surface area contributed by atoms with Gasteiger partial charge in [0.2, 0.25) is 5.91 Å². The van der Waals surface area contributed by atoms with Crippen LogP contribution in [0.15, 0.2) is 34.7 Å². The van der Waals surface area contributed by atoms with Crippen LogP contribution in [0, 0.1) is 0 Å². The van der Waals surface area contributed by atoms with Crippen molar-refractivity contribution in [2.24, 2.45) is 4.36 Å². The summed E-state index contributed by atoms with van der Waals surface area (Å²) < 4.78 is 31.3. The molecule has 0 saturated heterocycles. The Hall–Kier alpha value is -2.26. The molecule has 8 nitrogen and oxygen atoms in total. The van der Waals surface area contributed by atoms with E-state index >= 15 is 0 Å². The lowest BCUT2D eigenvalue weighted by atomic mass is 9.93. The number of benzene rings is 1. The molecule has 9 heteroatoms. The molecule has 1 aromatic carbocycles. The molecule has 29 heavy (non-hydrogen) atoms. The van der Waals surface area contributed by atoms with Crippen molar-refractivity contribution in [1.29, 1.82) is 0 Å². The van der Waals surface area contributed by atoms with Crippen LogP contribution in [0.3, 0.4) is 0 Å². The molecule has 160 valence electrons. The van der Waals surface area contributed by atoms with Gasteiger partial charge in [0.25, 0.3) is 0 Å². The molecule has 1 aliphatic carbocycles. The lowest BCUT2D eigenvalue weighted by Crippen LogP contribution is -2.48. The molecule has 1 fully saturated rings. The van der Waals surface area contributed by atoms with Gasteiger partial charge in [-0.15, -0.1) is 0 Å². The number of hydrogen-bond acceptors (Lipinski definition) is 6. The average Bonchev–Trinajstić information content (AvgIpc) is 3.44. The number of urea groups is 1. The SMILES string of the molecule is CCCC(CCCN(C(=O)NC)C(=O)C1(c2ccccc2)CC1N=S(=O)=O)OC. The molecular formula is C20H29N3O5S. The monoisotopic (exact) mass is 423 g/mol. The van der Waals surface area contributed by atoms with Crippen molar-refractivity contribution >= 4 is 22.4 Å². The van der Waals surface area contributed by atoms with Crippen molar-refractivity contribution in [3.05, 3.63) is 35.9 Å². The van der Waals surface area contributed by atoms with Gasteiger partial charge in [0, 0.05) is 20.7 Å². The van der Waals surface area contributed by atoms with E-state index in [9.17, 15) is 18.0 Å². The van der Waals surface area contributed by atoms with E-state index in [2.05, 4.69) is 16.6 Å². The number of carbonyl (C=O) groups is 2. The summed E-state index contributed by atoms with van der Waals surface area (Å²) in [7, 11) is 0.501. The Labute approximate surface area is 173 Å². The molecule has 1 aliphatic rings. The van der Waals surface area contributed by atoms with Crippen LogP contribution in [-0.4, -0.2) is 58.1 Å². The first kappa shape index (κ1) is 23.0. The molecule has 0 radical (unpaired) electrons. The molecule has 1 N–H and O–H groups in total. The molecule has 1 aromatic rings. The van der Waals surface area contributed by atoms with Gasteiger partial charge >= 0.3 is 16.5 Å². The molecule has 3 unspecified atom stereocenters. The maximum atomic E-state index is 13.5. The van der Waals surface area contributed by atoms with Crippen LogP contribution < -0.4 is 5.32 Å². The van der Waals surface area contributed by atoms with Gasteiger partial charge in [0.15, 0.2) is 0 Å². The Morgan fingerprint density at radius 1 is 1.31 bits per heavy atom. The van der Waals surface area contributed by atoms with Crippen molar-refractivity contribution in [1.82, 2.24) is 10.2 Å². The maximum absolute atomic E-state index is 13.5. The first-order valence-electron chi connectivity index (χ1n) is 9.82. The van der Waals surface area contributed by atoms with E-state index in [-0.39, 0.29) is 19.1 Å². The molecule has 0 aromatic heterocycles. The number of imide groups is 1. The first-order valence-corrected chi connectivity index (χ1v) is 10.9. The Morgan fingerprint density at radius 3 is 2.55 bits per heavy atom. The van der Waals surface area contributed by atoms with Crippen LogP contribution >= 0.6 is 0 Å². The number of ether oxygens (including phenoxy) is 1. The number of nitrogens with zero attached hydrogens (tertiary/aromatic N) is 2. The van der Waals surface area contributed by atoms with E-state index in [0.717, 1.165) is 19.3 Å². The lowest BCUT2D eigenvalue weighted by molar-refractivity contribution is -0.131. The van der Waals surface area contributed by atoms with Crippen molar-refractivity contribution < 1.29 is 22.7 Å². The number of hydrogen-bond donors (Lipinski definition) is 1. The minimum Gasteiger partial charge on any atom is -0.381 e. The van der Waals surface area contributed by atoms with Crippen LogP contribution in [0.25, 0.3) is 0 Å². The number of amides is 3. The summed E-state index contributed by atoms with van der Waals surface area (Å²) in [5, 5.41) is 2.51. The number of rotatable bonds is 10. The van der Waals surface area contributed by atoms with Crippen molar-refractivity contribution in [2.45, 2.75) is 56.6 Å². The maximum Gasteiger partial charge on any atom is 0.323 e. The Bertz CT molecular complexity index is 835. The summed E-state index contributed by atoms with van der Waals surface area (Å²) in [6.45, 7) is 2.30. The third-order valence-electron chi connectivity index (χ3n) is 5.36. The fraction of sp³-hybridized carbons (Fsp3) is 0.600. The molecule has 0 bridgehead atoms. The van der Waals surface area contributed by atoms with Gasteiger partial charge in [-0.25, -0.2) is 4.79 Å². The summed E-state index contributed by atoms with van der Waals surface area (Å²) >= 11 is 0. The molecule has 0 spiro atoms. The quantitative estimate of drug-likeness (QED) is 0.623. The summed E-state index contributed by atoms with van der Waals surface area (Å²) in [6.07, 6.45) is 3.56. The summed E-state index contributed by atoms with van der Waals surface area (Å²) in [4.78, 5) is 27.1. The van der Waals surface area contributed by atoms with Gasteiger partial charge < -0.3 is 10.1 Å². The molecule has 3 atom stereocenters. The molecule has 0 aliphatic heterocycles. The van der Waals surface area contributed by atoms with Crippen molar-refractivity contribution in [3.63, 3.8) is 0 Å². The third-order valence-corrected chi connectivity index (χ3v) is 5.79. The molecular weight excluding hydrogens is 394 g/mol. The Balaban J connectivity index is 2.25. The van der Waals surface area contributed by atoms with E-state index in [1.807, 2.05) is 6.07 Å². The summed E-state index contributed by atoms with van der Waals surface area (Å²) in [5.74, 6) is -0.424. The topological polar surface area (TPSA) is 105 Å². The summed E-state index contributed by atoms with van der Waals surface area (Å²) in [6, 6.07) is 7.71. The highest BCUT2D eigenvalue weighted by atomic mass is 32.2. The highest BCUT2D eigenvalue weighted by Gasteiger charge is 2.64. The van der Waals surface area contributed by atoms with E-state index in [0.29, 0.717) is 12.0 Å². The van der Waals surface area contributed by atoms with Crippen LogP contribution in [0.1, 0.15) is 44.6 Å². The normalized spacial score (nSPS) is 21.1. The van der Waals surface area contributed by atoms with Crippen molar-refractivity contribution in [2.75, 3.05) is 20.7 Å². The summed E-state index contributed by atoms with van der Waals surface area (Å²) in [5.41, 5.74) is -0.461. The zero-order valence-electron chi connectivity index (χ0n) is 17.1. The lowest BCUT2D eigenvalue weighted by Gasteiger charge is -2.26. The fourth-order valence-corrected chi connectivity index (χ4v) is 4.19. The predicted octanol–water partition coefficient (Wildman–Crippen LogP) is 2.52. The van der Waals surface area contributed by atoms with E-state index in [4.69, 9.17) is 4.74 Å². The first-order chi connectivity index (χ1) is 13.9. The number of carbonyl (C=O) groups excluding carboxylic acids is 2. The Kier molecular flexibility index (Phi) is 8.33. The Morgan fingerprint density at radius 2 is 2.00 bits per heavy atom. The van der Waals surface area contributed by atoms with E-state index < -0.39 is 33.9 Å². The highest BCUT2D eigenvalue weighted by Crippen LogP contribution is 2.52. The van der Waals surface area contributed by atoms with Crippen LogP contribution in [0.2, 0.25) is 0 Å². The van der Waals surface area contributed by atoms with Gasteiger partial charge in [-0.2, -0.15) is 12.8 Å².